The first-order valence-corrected chi connectivity index (χ1v) is 8.22. The van der Waals surface area contributed by atoms with Gasteiger partial charge >= 0.3 is 5.97 Å². The Morgan fingerprint density at radius 3 is 2.26 bits per heavy atom. The fourth-order valence-corrected chi connectivity index (χ4v) is 2.56. The molecule has 0 fully saturated rings. The second kappa shape index (κ2) is 8.04. The van der Waals surface area contributed by atoms with E-state index in [0.29, 0.717) is 4.47 Å². The first-order valence-electron chi connectivity index (χ1n) is 6.78. The van der Waals surface area contributed by atoms with Crippen LogP contribution in [0, 0.1) is 0 Å². The average molecular weight is 344 g/mol. The zero-order chi connectivity index (χ0) is 17.6. The van der Waals surface area contributed by atoms with Gasteiger partial charge in [0.25, 0.3) is 15.9 Å². The zero-order valence-electron chi connectivity index (χ0n) is 13.4. The predicted molar refractivity (Wildman–Crippen MR) is 82.0 cm³/mol. The zero-order valence-corrected chi connectivity index (χ0v) is 14.2. The number of carbonyl (C=O) groups is 2. The van der Waals surface area contributed by atoms with E-state index < -0.39 is 28.5 Å². The van der Waals surface area contributed by atoms with Crippen LogP contribution in [0.3, 0.4) is 0 Å². The number of benzene rings is 1. The molecule has 1 N–H and O–H groups in total. The van der Waals surface area contributed by atoms with E-state index in [1.54, 1.807) is 13.8 Å². The molecule has 9 heteroatoms. The minimum atomic E-state index is -3.78. The minimum Gasteiger partial charge on any atom is -0.452 e. The van der Waals surface area contributed by atoms with Gasteiger partial charge in [0.05, 0.1) is 17.6 Å². The molecule has 0 atom stereocenters. The van der Waals surface area contributed by atoms with Gasteiger partial charge in [-0.2, -0.15) is 0 Å². The number of hydrogen-bond acceptors (Lipinski definition) is 6. The Balaban J connectivity index is 2.73. The molecule has 0 aliphatic heterocycles. The van der Waals surface area contributed by atoms with Crippen LogP contribution < -0.4 is 5.32 Å². The van der Waals surface area contributed by atoms with Crippen LogP contribution in [0.15, 0.2) is 29.2 Å². The molecule has 0 radical (unpaired) electrons. The topological polar surface area (TPSA) is 102 Å². The summed E-state index contributed by atoms with van der Waals surface area (Å²) in [6.45, 7) is 3.18. The molecule has 0 heterocycles. The third-order valence-electron chi connectivity index (χ3n) is 2.77. The molecule has 1 amide bonds. The third-order valence-corrected chi connectivity index (χ3v) is 4.46. The minimum absolute atomic E-state index is 0.0315. The second-order valence-electron chi connectivity index (χ2n) is 4.92. The molecule has 0 bridgehead atoms. The highest BCUT2D eigenvalue weighted by Gasteiger charge is 2.21. The molecule has 0 spiro atoms. The molecule has 0 saturated heterocycles. The van der Waals surface area contributed by atoms with E-state index in [1.165, 1.54) is 38.4 Å². The Hall–Kier alpha value is -1.97. The van der Waals surface area contributed by atoms with Crippen LogP contribution in [0.5, 0.6) is 0 Å². The summed E-state index contributed by atoms with van der Waals surface area (Å²) in [6, 6.07) is 5.08. The largest absolute Gasteiger partial charge is 0.452 e. The number of esters is 1. The molecular formula is C14H20N2O6S. The summed E-state index contributed by atoms with van der Waals surface area (Å²) in [5.41, 5.74) is 0.140. The number of nitrogens with zero attached hydrogens (tertiary/aromatic N) is 1. The van der Waals surface area contributed by atoms with Crippen molar-refractivity contribution in [1.29, 1.82) is 0 Å². The van der Waals surface area contributed by atoms with Crippen LogP contribution in [0.1, 0.15) is 24.2 Å². The van der Waals surface area contributed by atoms with E-state index in [2.05, 4.69) is 10.2 Å². The number of carbonyl (C=O) groups excluding carboxylic acids is 2. The first-order chi connectivity index (χ1) is 10.7. The predicted octanol–water partition coefficient (Wildman–Crippen LogP) is 0.550. The van der Waals surface area contributed by atoms with Gasteiger partial charge < -0.3 is 10.1 Å². The lowest BCUT2D eigenvalue weighted by Gasteiger charge is -2.14. The monoisotopic (exact) mass is 344 g/mol. The van der Waals surface area contributed by atoms with Gasteiger partial charge in [-0.05, 0) is 38.1 Å². The van der Waals surface area contributed by atoms with Crippen molar-refractivity contribution in [3.05, 3.63) is 29.8 Å². The Morgan fingerprint density at radius 2 is 1.78 bits per heavy atom. The highest BCUT2D eigenvalue weighted by Crippen LogP contribution is 2.15. The maximum Gasteiger partial charge on any atom is 0.338 e. The van der Waals surface area contributed by atoms with E-state index >= 15 is 0 Å². The van der Waals surface area contributed by atoms with Crippen LogP contribution >= 0.6 is 0 Å². The number of amides is 1. The summed E-state index contributed by atoms with van der Waals surface area (Å²) in [6.07, 6.45) is 0. The Labute approximate surface area is 135 Å². The molecule has 8 nitrogen and oxygen atoms in total. The molecule has 128 valence electrons. The SMILES string of the molecule is CON(C)S(=O)(=O)c1ccc(C(=O)OCC(=O)NC(C)C)cc1. The maximum atomic E-state index is 12.0. The summed E-state index contributed by atoms with van der Waals surface area (Å²) in [4.78, 5) is 27.8. The smallest absolute Gasteiger partial charge is 0.338 e. The molecule has 0 unspecified atom stereocenters. The standard InChI is InChI=1S/C14H20N2O6S/c1-10(2)15-13(17)9-22-14(18)11-5-7-12(8-6-11)23(19,20)16(3)21-4/h5-8,10H,9H2,1-4H3,(H,15,17). The molecule has 0 aliphatic rings. The lowest BCUT2D eigenvalue weighted by molar-refractivity contribution is -0.124. The Morgan fingerprint density at radius 1 is 1.22 bits per heavy atom. The average Bonchev–Trinajstić information content (AvgIpc) is 2.51. The molecule has 0 saturated carbocycles. The van der Waals surface area contributed by atoms with Crippen molar-refractivity contribution < 1.29 is 27.6 Å². The van der Waals surface area contributed by atoms with E-state index in [4.69, 9.17) is 4.74 Å². The summed E-state index contributed by atoms with van der Waals surface area (Å²) in [5, 5.41) is 2.58. The Kier molecular flexibility index (Phi) is 6.67. The lowest BCUT2D eigenvalue weighted by atomic mass is 10.2. The van der Waals surface area contributed by atoms with Crippen LogP contribution in [0.2, 0.25) is 0 Å². The first kappa shape index (κ1) is 19.1. The molecule has 1 rings (SSSR count). The quantitative estimate of drug-likeness (QED) is 0.572. The van der Waals surface area contributed by atoms with Crippen molar-refractivity contribution in [2.45, 2.75) is 24.8 Å². The number of hydrogen-bond donors (Lipinski definition) is 1. The summed E-state index contributed by atoms with van der Waals surface area (Å²) in [7, 11) is -1.29. The van der Waals surface area contributed by atoms with E-state index in [0.717, 1.165) is 0 Å². The molecular weight excluding hydrogens is 324 g/mol. The van der Waals surface area contributed by atoms with Crippen molar-refractivity contribution in [2.75, 3.05) is 20.8 Å². The third kappa shape index (κ3) is 5.31. The molecule has 1 aromatic rings. The van der Waals surface area contributed by atoms with Crippen molar-refractivity contribution in [3.8, 4) is 0 Å². The van der Waals surface area contributed by atoms with Gasteiger partial charge in [0, 0.05) is 13.1 Å². The number of ether oxygens (including phenoxy) is 1. The van der Waals surface area contributed by atoms with Crippen LogP contribution in [-0.4, -0.2) is 51.6 Å². The number of rotatable bonds is 7. The number of hydroxylamine groups is 1. The normalized spacial score (nSPS) is 11.6. The maximum absolute atomic E-state index is 12.0. The van der Waals surface area contributed by atoms with Crippen molar-refractivity contribution in [3.63, 3.8) is 0 Å². The molecule has 0 aromatic heterocycles. The van der Waals surface area contributed by atoms with E-state index in [9.17, 15) is 18.0 Å². The number of nitrogens with one attached hydrogen (secondary N) is 1. The Bertz CT molecular complexity index is 654. The van der Waals surface area contributed by atoms with Gasteiger partial charge in [0.1, 0.15) is 0 Å². The summed E-state index contributed by atoms with van der Waals surface area (Å²) >= 11 is 0. The van der Waals surface area contributed by atoms with Crippen molar-refractivity contribution in [2.24, 2.45) is 0 Å². The fraction of sp³-hybridized carbons (Fsp3) is 0.429. The van der Waals surface area contributed by atoms with E-state index in [1.807, 2.05) is 0 Å². The number of sulfonamides is 1. The van der Waals surface area contributed by atoms with Crippen molar-refractivity contribution >= 4 is 21.9 Å². The van der Waals surface area contributed by atoms with Gasteiger partial charge in [0.15, 0.2) is 6.61 Å². The second-order valence-corrected chi connectivity index (χ2v) is 6.86. The van der Waals surface area contributed by atoms with Gasteiger partial charge in [0.2, 0.25) is 0 Å². The molecule has 0 aliphatic carbocycles. The van der Waals surface area contributed by atoms with Crippen LogP contribution in [0.4, 0.5) is 0 Å². The molecule has 23 heavy (non-hydrogen) atoms. The highest BCUT2D eigenvalue weighted by atomic mass is 32.2. The van der Waals surface area contributed by atoms with Gasteiger partial charge in [-0.15, -0.1) is 0 Å². The molecule has 1 aromatic carbocycles. The van der Waals surface area contributed by atoms with Crippen molar-refractivity contribution in [1.82, 2.24) is 9.79 Å². The summed E-state index contributed by atoms with van der Waals surface area (Å²) < 4.78 is 29.5. The van der Waals surface area contributed by atoms with Gasteiger partial charge in [-0.1, -0.05) is 4.47 Å². The van der Waals surface area contributed by atoms with Crippen LogP contribution in [0.25, 0.3) is 0 Å². The lowest BCUT2D eigenvalue weighted by Crippen LogP contribution is -2.34. The van der Waals surface area contributed by atoms with Crippen LogP contribution in [-0.2, 0) is 24.4 Å². The highest BCUT2D eigenvalue weighted by molar-refractivity contribution is 7.89. The van der Waals surface area contributed by atoms with Gasteiger partial charge in [-0.3, -0.25) is 9.63 Å². The fourth-order valence-electron chi connectivity index (χ4n) is 1.59. The summed E-state index contributed by atoms with van der Waals surface area (Å²) in [5.74, 6) is -1.12. The van der Waals surface area contributed by atoms with Gasteiger partial charge in [-0.25, -0.2) is 13.2 Å². The van der Waals surface area contributed by atoms with E-state index in [-0.39, 0.29) is 16.5 Å².